The van der Waals surface area contributed by atoms with E-state index in [0.717, 1.165) is 16.9 Å². The van der Waals surface area contributed by atoms with E-state index in [-0.39, 0.29) is 18.0 Å². The number of methoxy groups -OCH3 is 1. The number of ether oxygens (including phenoxy) is 1. The molecule has 0 aromatic heterocycles. The molecule has 0 saturated carbocycles. The first-order chi connectivity index (χ1) is 19.8. The van der Waals surface area contributed by atoms with Crippen molar-refractivity contribution < 1.29 is 29.4 Å². The topological polar surface area (TPSA) is 149 Å². The minimum Gasteiger partial charge on any atom is -0.497 e. The summed E-state index contributed by atoms with van der Waals surface area (Å²) in [6, 6.07) is 19.7. The molecule has 0 aliphatic carbocycles. The van der Waals surface area contributed by atoms with Crippen LogP contribution in [0.4, 0.5) is 5.69 Å². The van der Waals surface area contributed by atoms with Crippen LogP contribution < -0.4 is 26.2 Å². The average molecular weight is 555 g/mol. The molecular weight excluding hydrogens is 524 g/mol. The Kier molecular flexibility index (Phi) is 11.5. The molecule has 0 heterocycles. The summed E-state index contributed by atoms with van der Waals surface area (Å²) in [5.74, 6) is 10.4. The van der Waals surface area contributed by atoms with Crippen molar-refractivity contribution in [3.63, 3.8) is 0 Å². The summed E-state index contributed by atoms with van der Waals surface area (Å²) in [4.78, 5) is 36.1. The van der Waals surface area contributed by atoms with Gasteiger partial charge in [-0.3, -0.25) is 19.6 Å². The molecule has 3 aromatic carbocycles. The van der Waals surface area contributed by atoms with Crippen LogP contribution in [0.15, 0.2) is 72.8 Å². The molecule has 2 unspecified atom stereocenters. The molecular formula is C31H30N4O6. The smallest absolute Gasteiger partial charge is 0.268 e. The summed E-state index contributed by atoms with van der Waals surface area (Å²) >= 11 is 0. The molecule has 0 spiro atoms. The highest BCUT2D eigenvalue weighted by molar-refractivity contribution is 5.97. The molecule has 0 bridgehead atoms. The van der Waals surface area contributed by atoms with Gasteiger partial charge in [-0.2, -0.15) is 0 Å². The Morgan fingerprint density at radius 1 is 0.878 bits per heavy atom. The summed E-state index contributed by atoms with van der Waals surface area (Å²) in [7, 11) is 1.61. The average Bonchev–Trinajstić information content (AvgIpc) is 2.99. The van der Waals surface area contributed by atoms with Gasteiger partial charge in [0, 0.05) is 28.9 Å². The Balaban J connectivity index is 1.46. The lowest BCUT2D eigenvalue weighted by Gasteiger charge is -2.19. The highest BCUT2D eigenvalue weighted by Crippen LogP contribution is 2.11. The maximum atomic E-state index is 12.3. The van der Waals surface area contributed by atoms with Crippen LogP contribution in [0.25, 0.3) is 0 Å². The highest BCUT2D eigenvalue weighted by atomic mass is 16.5. The Morgan fingerprint density at radius 2 is 1.46 bits per heavy atom. The van der Waals surface area contributed by atoms with E-state index in [0.29, 0.717) is 17.8 Å². The van der Waals surface area contributed by atoms with Crippen LogP contribution in [-0.4, -0.2) is 53.8 Å². The molecule has 0 saturated heterocycles. The Bertz CT molecular complexity index is 1460. The number of hydroxylamine groups is 1. The van der Waals surface area contributed by atoms with Crippen molar-refractivity contribution in [2.75, 3.05) is 19.0 Å². The molecule has 41 heavy (non-hydrogen) atoms. The van der Waals surface area contributed by atoms with Crippen molar-refractivity contribution in [3.05, 3.63) is 95.1 Å². The van der Waals surface area contributed by atoms with E-state index in [1.807, 2.05) is 24.3 Å². The molecule has 10 heteroatoms. The fourth-order valence-electron chi connectivity index (χ4n) is 3.52. The molecule has 3 rings (SSSR count). The molecule has 0 aliphatic heterocycles. The first kappa shape index (κ1) is 30.4. The first-order valence-electron chi connectivity index (χ1n) is 12.6. The number of nitrogens with one attached hydrogen (secondary N) is 4. The number of carbonyl (C=O) groups excluding carboxylic acids is 3. The van der Waals surface area contributed by atoms with E-state index in [4.69, 9.17) is 9.94 Å². The van der Waals surface area contributed by atoms with E-state index in [1.54, 1.807) is 43.5 Å². The lowest BCUT2D eigenvalue weighted by atomic mass is 10.1. The molecule has 0 fully saturated rings. The van der Waals surface area contributed by atoms with Crippen LogP contribution in [-0.2, 0) is 16.1 Å². The van der Waals surface area contributed by atoms with Crippen molar-refractivity contribution in [1.29, 1.82) is 0 Å². The number of carbonyl (C=O) groups is 3. The van der Waals surface area contributed by atoms with Crippen molar-refractivity contribution >= 4 is 23.4 Å². The minimum absolute atomic E-state index is 0.162. The van der Waals surface area contributed by atoms with E-state index in [9.17, 15) is 19.5 Å². The largest absolute Gasteiger partial charge is 0.497 e. The zero-order chi connectivity index (χ0) is 29.6. The second kappa shape index (κ2) is 15.5. The number of aliphatic hydroxyl groups is 1. The van der Waals surface area contributed by atoms with Gasteiger partial charge in [-0.25, -0.2) is 5.48 Å². The fraction of sp³-hybridized carbons (Fsp3) is 0.194. The van der Waals surface area contributed by atoms with Gasteiger partial charge in [0.05, 0.1) is 19.8 Å². The summed E-state index contributed by atoms with van der Waals surface area (Å²) in [6.07, 6.45) is -1.21. The van der Waals surface area contributed by atoms with Gasteiger partial charge in [-0.05, 0) is 85.0 Å². The van der Waals surface area contributed by atoms with Gasteiger partial charge in [-0.15, -0.1) is 0 Å². The molecule has 3 amide bonds. The third-order valence-corrected chi connectivity index (χ3v) is 5.73. The second-order valence-electron chi connectivity index (χ2n) is 8.82. The standard InChI is InChI=1S/C31H30N4O6/c1-21(36)29(31(39)35-40)34-30(38)25-13-7-22(8-14-25)5-3-4-6-23-9-15-26(16-10-23)33-28(37)20-32-19-24-11-17-27(41-2)18-12-24/h7-18,21,29,32,36,40H,19-20H2,1-2H3,(H,33,37)(H,34,38)(H,35,39). The van der Waals surface area contributed by atoms with E-state index in [1.165, 1.54) is 24.5 Å². The van der Waals surface area contributed by atoms with Crippen LogP contribution in [0.1, 0.15) is 34.0 Å². The lowest BCUT2D eigenvalue weighted by Crippen LogP contribution is -2.51. The van der Waals surface area contributed by atoms with Gasteiger partial charge in [0.2, 0.25) is 5.91 Å². The molecule has 6 N–H and O–H groups in total. The summed E-state index contributed by atoms with van der Waals surface area (Å²) < 4.78 is 5.13. The predicted molar refractivity (Wildman–Crippen MR) is 153 cm³/mol. The maximum Gasteiger partial charge on any atom is 0.268 e. The van der Waals surface area contributed by atoms with Gasteiger partial charge in [0.1, 0.15) is 11.8 Å². The zero-order valence-corrected chi connectivity index (χ0v) is 22.5. The number of benzene rings is 3. The summed E-state index contributed by atoms with van der Waals surface area (Å²) in [5, 5.41) is 26.7. The fourth-order valence-corrected chi connectivity index (χ4v) is 3.52. The third kappa shape index (κ3) is 9.84. The van der Waals surface area contributed by atoms with Gasteiger partial charge in [0.15, 0.2) is 0 Å². The van der Waals surface area contributed by atoms with Gasteiger partial charge >= 0.3 is 0 Å². The Labute approximate surface area is 238 Å². The maximum absolute atomic E-state index is 12.3. The second-order valence-corrected chi connectivity index (χ2v) is 8.82. The van der Waals surface area contributed by atoms with Crippen molar-refractivity contribution in [2.24, 2.45) is 0 Å². The number of anilines is 1. The van der Waals surface area contributed by atoms with Gasteiger partial charge in [0.25, 0.3) is 11.8 Å². The van der Waals surface area contributed by atoms with E-state index < -0.39 is 24.0 Å². The van der Waals surface area contributed by atoms with Gasteiger partial charge in [-0.1, -0.05) is 24.0 Å². The minimum atomic E-state index is -1.31. The van der Waals surface area contributed by atoms with Crippen molar-refractivity contribution in [2.45, 2.75) is 25.6 Å². The Morgan fingerprint density at radius 3 is 2.00 bits per heavy atom. The van der Waals surface area contributed by atoms with Crippen LogP contribution in [0, 0.1) is 23.7 Å². The molecule has 0 radical (unpaired) electrons. The zero-order valence-electron chi connectivity index (χ0n) is 22.5. The monoisotopic (exact) mass is 554 g/mol. The van der Waals surface area contributed by atoms with Gasteiger partial charge < -0.3 is 25.8 Å². The van der Waals surface area contributed by atoms with Crippen LogP contribution >= 0.6 is 0 Å². The lowest BCUT2D eigenvalue weighted by molar-refractivity contribution is -0.133. The summed E-state index contributed by atoms with van der Waals surface area (Å²) in [5.41, 5.74) is 4.70. The SMILES string of the molecule is COc1ccc(CNCC(=O)Nc2ccc(C#CC#Cc3ccc(C(=O)NC(C(=O)NO)C(C)O)cc3)cc2)cc1. The molecule has 10 nitrogen and oxygen atoms in total. The number of hydrogen-bond acceptors (Lipinski definition) is 7. The van der Waals surface area contributed by atoms with E-state index >= 15 is 0 Å². The molecule has 210 valence electrons. The Hall–Kier alpha value is -5.13. The molecule has 0 aliphatic rings. The van der Waals surface area contributed by atoms with Crippen LogP contribution in [0.3, 0.4) is 0 Å². The van der Waals surface area contributed by atoms with Crippen LogP contribution in [0.2, 0.25) is 0 Å². The first-order valence-corrected chi connectivity index (χ1v) is 12.6. The van der Waals surface area contributed by atoms with Crippen LogP contribution in [0.5, 0.6) is 5.75 Å². The normalized spacial score (nSPS) is 11.4. The highest BCUT2D eigenvalue weighted by Gasteiger charge is 2.25. The number of rotatable bonds is 10. The number of aliphatic hydroxyl groups excluding tert-OH is 1. The molecule has 2 atom stereocenters. The third-order valence-electron chi connectivity index (χ3n) is 5.73. The number of hydrogen-bond donors (Lipinski definition) is 6. The quantitative estimate of drug-likeness (QED) is 0.127. The summed E-state index contributed by atoms with van der Waals surface area (Å²) in [6.45, 7) is 2.04. The van der Waals surface area contributed by atoms with E-state index in [2.05, 4.69) is 39.6 Å². The number of amides is 3. The van der Waals surface area contributed by atoms with Crippen molar-refractivity contribution in [3.8, 4) is 29.4 Å². The predicted octanol–water partition coefficient (Wildman–Crippen LogP) is 1.81. The molecule has 3 aromatic rings. The van der Waals surface area contributed by atoms with Crippen molar-refractivity contribution in [1.82, 2.24) is 16.1 Å².